The van der Waals surface area contributed by atoms with Gasteiger partial charge in [0.15, 0.2) is 0 Å². The molecule has 0 spiro atoms. The topological polar surface area (TPSA) is 18.5 Å². The Labute approximate surface area is 344 Å². The fourth-order valence-electron chi connectivity index (χ4n) is 8.37. The minimum atomic E-state index is -3.71. The number of hydrogen-bond donors (Lipinski definition) is 0. The minimum Gasteiger partial charge on any atom is -0.422 e. The van der Waals surface area contributed by atoms with Crippen LogP contribution in [0.5, 0.6) is 0 Å². The molecular weight excluding hydrogens is 741 g/mol. The van der Waals surface area contributed by atoms with Crippen LogP contribution in [-0.2, 0) is 8.23 Å². The highest BCUT2D eigenvalue weighted by Gasteiger charge is 2.58. The van der Waals surface area contributed by atoms with E-state index in [0.29, 0.717) is 0 Å². The highest BCUT2D eigenvalue weighted by Crippen LogP contribution is 2.27. The maximum atomic E-state index is 8.63. The van der Waals surface area contributed by atoms with Gasteiger partial charge in [-0.25, -0.2) is 0 Å². The van der Waals surface area contributed by atoms with Gasteiger partial charge >= 0.3 is 8.56 Å². The molecule has 0 amide bonds. The van der Waals surface area contributed by atoms with Gasteiger partial charge in [-0.05, 0) is 42.4 Å². The third-order valence-corrected chi connectivity index (χ3v) is 25.4. The predicted octanol–water partition coefficient (Wildman–Crippen LogP) is 8.66. The first-order chi connectivity index (χ1) is 28.2. The van der Waals surface area contributed by atoms with E-state index in [4.69, 9.17) is 8.23 Å². The molecule has 0 aliphatic rings. The SMILES string of the molecule is [CH2]CCCCCCCCC[Si](O[Si](O[Si](c1ccccc1)(c1ccccc1)c1ccccc1)(c1ccccc1)c1ccccc1)(c1ccccc1)c1ccccc1. The van der Waals surface area contributed by atoms with Crippen molar-refractivity contribution in [3.63, 3.8) is 0 Å². The molecule has 287 valence electrons. The van der Waals surface area contributed by atoms with Crippen LogP contribution >= 0.6 is 0 Å². The second-order valence-electron chi connectivity index (χ2n) is 15.0. The molecule has 0 heterocycles. The monoisotopic (exact) mass is 795 g/mol. The van der Waals surface area contributed by atoms with Crippen molar-refractivity contribution in [2.75, 3.05) is 0 Å². The van der Waals surface area contributed by atoms with Gasteiger partial charge in [-0.3, -0.25) is 0 Å². The molecule has 0 fully saturated rings. The second-order valence-corrected chi connectivity index (χ2v) is 25.4. The van der Waals surface area contributed by atoms with Crippen molar-refractivity contribution in [1.29, 1.82) is 0 Å². The maximum Gasteiger partial charge on any atom is 0.387 e. The van der Waals surface area contributed by atoms with Gasteiger partial charge in [0.25, 0.3) is 8.32 Å². The van der Waals surface area contributed by atoms with Gasteiger partial charge in [-0.2, -0.15) is 0 Å². The highest BCUT2D eigenvalue weighted by molar-refractivity contribution is 7.15. The molecule has 0 atom stereocenters. The fourth-order valence-corrected chi connectivity index (χ4v) is 25.0. The molecule has 1 radical (unpaired) electrons. The van der Waals surface area contributed by atoms with Gasteiger partial charge < -0.3 is 8.23 Å². The zero-order valence-electron chi connectivity index (χ0n) is 33.1. The fraction of sp³-hybridized carbons (Fsp3) is 0.173. The summed E-state index contributed by atoms with van der Waals surface area (Å²) in [6.07, 6.45) is 9.55. The molecule has 7 aromatic carbocycles. The summed E-state index contributed by atoms with van der Waals surface area (Å²) in [7, 11) is -10.1. The Morgan fingerprint density at radius 2 is 0.579 bits per heavy atom. The summed E-state index contributed by atoms with van der Waals surface area (Å²) in [6.45, 7) is 4.05. The molecule has 0 aromatic heterocycles. The van der Waals surface area contributed by atoms with Crippen molar-refractivity contribution < 1.29 is 8.23 Å². The van der Waals surface area contributed by atoms with Crippen LogP contribution in [0.15, 0.2) is 212 Å². The summed E-state index contributed by atoms with van der Waals surface area (Å²) < 4.78 is 17.3. The largest absolute Gasteiger partial charge is 0.422 e. The third-order valence-electron chi connectivity index (χ3n) is 11.2. The predicted molar refractivity (Wildman–Crippen MR) is 249 cm³/mol. The van der Waals surface area contributed by atoms with E-state index in [9.17, 15) is 0 Å². The minimum absolute atomic E-state index is 0.953. The summed E-state index contributed by atoms with van der Waals surface area (Å²) in [5.74, 6) is 0. The van der Waals surface area contributed by atoms with Crippen molar-refractivity contribution >= 4 is 61.5 Å². The van der Waals surface area contributed by atoms with Crippen molar-refractivity contribution in [3.05, 3.63) is 219 Å². The van der Waals surface area contributed by atoms with Gasteiger partial charge in [-0.1, -0.05) is 271 Å². The Morgan fingerprint density at radius 3 is 0.912 bits per heavy atom. The molecular formula is C52H55O2Si3. The Bertz CT molecular complexity index is 1990. The third kappa shape index (κ3) is 9.14. The van der Waals surface area contributed by atoms with Crippen LogP contribution in [0.4, 0.5) is 0 Å². The van der Waals surface area contributed by atoms with Crippen molar-refractivity contribution in [3.8, 4) is 0 Å². The summed E-state index contributed by atoms with van der Waals surface area (Å²) in [5, 5.41) is 8.38. The Hall–Kier alpha value is -4.89. The number of rotatable bonds is 20. The zero-order chi connectivity index (χ0) is 39.1. The molecule has 57 heavy (non-hydrogen) atoms. The molecule has 0 N–H and O–H groups in total. The molecule has 0 bridgehead atoms. The summed E-state index contributed by atoms with van der Waals surface area (Å²) in [5.41, 5.74) is 0. The Morgan fingerprint density at radius 1 is 0.298 bits per heavy atom. The first-order valence-electron chi connectivity index (χ1n) is 20.8. The number of unbranched alkanes of at least 4 members (excludes halogenated alkanes) is 7. The Balaban J connectivity index is 1.50. The lowest BCUT2D eigenvalue weighted by Crippen LogP contribution is -2.81. The van der Waals surface area contributed by atoms with Crippen LogP contribution in [0.1, 0.15) is 51.4 Å². The molecule has 0 saturated carbocycles. The van der Waals surface area contributed by atoms with E-state index in [1.54, 1.807) is 0 Å². The molecule has 0 aliphatic carbocycles. The van der Waals surface area contributed by atoms with Gasteiger partial charge in [0.2, 0.25) is 8.32 Å². The van der Waals surface area contributed by atoms with Crippen LogP contribution in [0.3, 0.4) is 0 Å². The average Bonchev–Trinajstić information content (AvgIpc) is 3.30. The van der Waals surface area contributed by atoms with Crippen molar-refractivity contribution in [2.45, 2.75) is 57.4 Å². The van der Waals surface area contributed by atoms with E-state index >= 15 is 0 Å². The van der Waals surface area contributed by atoms with Crippen LogP contribution in [0.2, 0.25) is 6.04 Å². The second kappa shape index (κ2) is 20.0. The van der Waals surface area contributed by atoms with E-state index in [1.807, 2.05) is 0 Å². The average molecular weight is 796 g/mol. The van der Waals surface area contributed by atoms with Gasteiger partial charge in [0, 0.05) is 0 Å². The molecule has 7 rings (SSSR count). The van der Waals surface area contributed by atoms with Crippen LogP contribution in [0, 0.1) is 6.92 Å². The van der Waals surface area contributed by atoms with E-state index in [0.717, 1.165) is 29.3 Å². The molecule has 5 heteroatoms. The van der Waals surface area contributed by atoms with E-state index in [2.05, 4.69) is 219 Å². The normalized spacial score (nSPS) is 12.0. The summed E-state index contributed by atoms with van der Waals surface area (Å²) in [6, 6.07) is 78.1. The summed E-state index contributed by atoms with van der Waals surface area (Å²) >= 11 is 0. The van der Waals surface area contributed by atoms with E-state index < -0.39 is 25.2 Å². The zero-order valence-corrected chi connectivity index (χ0v) is 36.1. The lowest BCUT2D eigenvalue weighted by Gasteiger charge is -2.47. The van der Waals surface area contributed by atoms with E-state index in [-0.39, 0.29) is 0 Å². The molecule has 2 nitrogen and oxygen atoms in total. The summed E-state index contributed by atoms with van der Waals surface area (Å²) in [4.78, 5) is 0. The van der Waals surface area contributed by atoms with Gasteiger partial charge in [-0.15, -0.1) is 0 Å². The maximum absolute atomic E-state index is 8.63. The number of benzene rings is 7. The molecule has 0 saturated heterocycles. The van der Waals surface area contributed by atoms with Gasteiger partial charge in [0.1, 0.15) is 0 Å². The quantitative estimate of drug-likeness (QED) is 0.0437. The molecule has 7 aromatic rings. The smallest absolute Gasteiger partial charge is 0.387 e. The number of hydrogen-bond acceptors (Lipinski definition) is 2. The van der Waals surface area contributed by atoms with Crippen LogP contribution in [-0.4, -0.2) is 25.2 Å². The lowest BCUT2D eigenvalue weighted by atomic mass is 10.1. The standard InChI is InChI=1S/C52H55O2Si3/c1-2-3-4-5-6-7-8-30-45-55(46-31-16-9-17-32-46,47-33-18-10-19-34-47)53-57(51-41-26-14-27-42-51,52-43-28-15-29-44-52)54-56(48-35-20-11-21-36-48,49-37-22-12-23-38-49)50-39-24-13-25-40-50/h9-29,31-44H,1-8,30,45H2. The van der Waals surface area contributed by atoms with E-state index in [1.165, 1.54) is 64.5 Å². The lowest BCUT2D eigenvalue weighted by molar-refractivity contribution is 0.422. The van der Waals surface area contributed by atoms with Crippen LogP contribution < -0.4 is 36.3 Å². The Kier molecular flexibility index (Phi) is 14.1. The van der Waals surface area contributed by atoms with Crippen molar-refractivity contribution in [2.24, 2.45) is 0 Å². The highest BCUT2D eigenvalue weighted by atomic mass is 28.5. The van der Waals surface area contributed by atoms with Crippen molar-refractivity contribution in [1.82, 2.24) is 0 Å². The molecule has 0 aliphatic heterocycles. The van der Waals surface area contributed by atoms with Gasteiger partial charge in [0.05, 0.1) is 0 Å². The first-order valence-corrected chi connectivity index (χ1v) is 26.6. The first kappa shape index (κ1) is 40.3. The van der Waals surface area contributed by atoms with Crippen LogP contribution in [0.25, 0.3) is 0 Å². The molecule has 0 unspecified atom stereocenters.